The summed E-state index contributed by atoms with van der Waals surface area (Å²) < 4.78 is 7.22. The molecule has 1 N–H and O–H groups in total. The maximum absolute atomic E-state index is 12.9. The van der Waals surface area contributed by atoms with Gasteiger partial charge in [0.2, 0.25) is 0 Å². The van der Waals surface area contributed by atoms with Crippen molar-refractivity contribution in [1.29, 1.82) is 0 Å². The molecule has 3 rings (SSSR count). The molecule has 1 unspecified atom stereocenters. The number of rotatable bonds is 4. The summed E-state index contributed by atoms with van der Waals surface area (Å²) in [5.74, 6) is 0.280. The smallest absolute Gasteiger partial charge is 0.255 e. The van der Waals surface area contributed by atoms with Crippen LogP contribution in [0, 0.1) is 19.8 Å². The van der Waals surface area contributed by atoms with Gasteiger partial charge in [0.15, 0.2) is 0 Å². The maximum atomic E-state index is 12.9. The third kappa shape index (κ3) is 3.33. The highest BCUT2D eigenvalue weighted by molar-refractivity contribution is 5.96. The molecule has 0 spiro atoms. The van der Waals surface area contributed by atoms with E-state index in [9.17, 15) is 4.79 Å². The monoisotopic (exact) mass is 328 g/mol. The number of carbonyl (C=O) groups is 1. The van der Waals surface area contributed by atoms with Gasteiger partial charge in [-0.3, -0.25) is 14.5 Å². The van der Waals surface area contributed by atoms with Crippen LogP contribution in [0.5, 0.6) is 0 Å². The van der Waals surface area contributed by atoms with Crippen molar-refractivity contribution < 1.29 is 9.53 Å². The average molecular weight is 328 g/mol. The largest absolute Gasteiger partial charge is 0.381 e. The van der Waals surface area contributed by atoms with E-state index in [1.165, 1.54) is 0 Å². The lowest BCUT2D eigenvalue weighted by molar-refractivity contribution is 0.0513. The summed E-state index contributed by atoms with van der Waals surface area (Å²) in [5.41, 5.74) is 3.33. The van der Waals surface area contributed by atoms with Crippen molar-refractivity contribution in [1.82, 2.24) is 20.1 Å². The van der Waals surface area contributed by atoms with Crippen molar-refractivity contribution in [2.75, 3.05) is 13.2 Å². The number of ether oxygens (including phenoxy) is 1. The Balaban J connectivity index is 1.87. The van der Waals surface area contributed by atoms with Crippen molar-refractivity contribution >= 4 is 5.91 Å². The molecule has 3 heterocycles. The van der Waals surface area contributed by atoms with Crippen molar-refractivity contribution in [2.24, 2.45) is 13.0 Å². The van der Waals surface area contributed by atoms with Crippen molar-refractivity contribution in [3.8, 4) is 0 Å². The molecule has 0 aromatic carbocycles. The fourth-order valence-corrected chi connectivity index (χ4v) is 3.40. The third-order valence-corrected chi connectivity index (χ3v) is 4.80. The molecule has 0 radical (unpaired) electrons. The molecule has 128 valence electrons. The van der Waals surface area contributed by atoms with Crippen LogP contribution in [0.25, 0.3) is 0 Å². The number of nitrogens with zero attached hydrogens (tertiary/aromatic N) is 3. The van der Waals surface area contributed by atoms with Crippen LogP contribution >= 0.6 is 0 Å². The Morgan fingerprint density at radius 1 is 1.38 bits per heavy atom. The molecule has 1 aliphatic heterocycles. The van der Waals surface area contributed by atoms with Gasteiger partial charge in [0.25, 0.3) is 5.91 Å². The van der Waals surface area contributed by atoms with Gasteiger partial charge < -0.3 is 10.1 Å². The van der Waals surface area contributed by atoms with Gasteiger partial charge in [-0.05, 0) is 44.2 Å². The molecule has 2 aromatic rings. The zero-order valence-electron chi connectivity index (χ0n) is 14.5. The van der Waals surface area contributed by atoms with Crippen molar-refractivity contribution in [3.63, 3.8) is 0 Å². The Kier molecular flexibility index (Phi) is 4.94. The lowest BCUT2D eigenvalue weighted by Gasteiger charge is -2.31. The van der Waals surface area contributed by atoms with Crippen LogP contribution in [0.2, 0.25) is 0 Å². The second kappa shape index (κ2) is 7.13. The van der Waals surface area contributed by atoms with E-state index in [2.05, 4.69) is 15.4 Å². The van der Waals surface area contributed by atoms with Crippen molar-refractivity contribution in [2.45, 2.75) is 32.7 Å². The molecule has 24 heavy (non-hydrogen) atoms. The number of nitrogens with one attached hydrogen (secondary N) is 1. The molecule has 2 aromatic heterocycles. The predicted octanol–water partition coefficient (Wildman–Crippen LogP) is 2.33. The lowest BCUT2D eigenvalue weighted by atomic mass is 9.87. The molecule has 1 atom stereocenters. The first kappa shape index (κ1) is 16.6. The Labute approximate surface area is 142 Å². The fourth-order valence-electron chi connectivity index (χ4n) is 3.40. The number of pyridine rings is 1. The number of hydrogen-bond acceptors (Lipinski definition) is 4. The highest BCUT2D eigenvalue weighted by Crippen LogP contribution is 2.30. The molecule has 0 aliphatic carbocycles. The fraction of sp³-hybridized carbons (Fsp3) is 0.500. The molecule has 6 nitrogen and oxygen atoms in total. The van der Waals surface area contributed by atoms with E-state index < -0.39 is 0 Å². The van der Waals surface area contributed by atoms with E-state index in [4.69, 9.17) is 4.74 Å². The highest BCUT2D eigenvalue weighted by atomic mass is 16.5. The van der Waals surface area contributed by atoms with Crippen LogP contribution in [-0.4, -0.2) is 33.9 Å². The predicted molar refractivity (Wildman–Crippen MR) is 90.7 cm³/mol. The molecule has 1 amide bonds. The molecule has 1 aliphatic rings. The lowest BCUT2D eigenvalue weighted by Crippen LogP contribution is -2.36. The first-order valence-electron chi connectivity index (χ1n) is 8.36. The van der Waals surface area contributed by atoms with E-state index in [0.717, 1.165) is 43.0 Å². The summed E-state index contributed by atoms with van der Waals surface area (Å²) in [6, 6.07) is 3.87. The van der Waals surface area contributed by atoms with Gasteiger partial charge in [0.05, 0.1) is 17.3 Å². The van der Waals surface area contributed by atoms with Crippen LogP contribution in [0.15, 0.2) is 24.5 Å². The minimum atomic E-state index is -0.0709. The van der Waals surface area contributed by atoms with Gasteiger partial charge >= 0.3 is 0 Å². The summed E-state index contributed by atoms with van der Waals surface area (Å²) >= 11 is 0. The Hall–Kier alpha value is -2.21. The summed E-state index contributed by atoms with van der Waals surface area (Å²) in [5, 5.41) is 7.57. The van der Waals surface area contributed by atoms with Gasteiger partial charge in [0.1, 0.15) is 0 Å². The molecular formula is C18H24N4O2. The van der Waals surface area contributed by atoms with E-state index in [0.29, 0.717) is 11.5 Å². The Morgan fingerprint density at radius 3 is 2.71 bits per heavy atom. The summed E-state index contributed by atoms with van der Waals surface area (Å²) in [6.07, 6.45) is 5.46. The van der Waals surface area contributed by atoms with Crippen LogP contribution in [-0.2, 0) is 11.8 Å². The standard InChI is InChI=1S/C18H24N4O2/c1-12-16(13(2)22(3)21-12)18(23)20-17(14-6-9-24-10-7-14)15-5-4-8-19-11-15/h4-5,8,11,14,17H,6-7,9-10H2,1-3H3,(H,20,23). The van der Waals surface area contributed by atoms with Crippen LogP contribution < -0.4 is 5.32 Å². The SMILES string of the molecule is Cc1nn(C)c(C)c1C(=O)NC(c1cccnc1)C1CCOCC1. The quantitative estimate of drug-likeness (QED) is 0.935. The molecule has 1 saturated heterocycles. The van der Waals surface area contributed by atoms with Crippen LogP contribution in [0.1, 0.15) is 46.2 Å². The molecule has 6 heteroatoms. The molecule has 0 saturated carbocycles. The van der Waals surface area contributed by atoms with Gasteiger partial charge in [-0.2, -0.15) is 5.10 Å². The zero-order valence-corrected chi connectivity index (χ0v) is 14.5. The molecule has 1 fully saturated rings. The third-order valence-electron chi connectivity index (χ3n) is 4.80. The van der Waals surface area contributed by atoms with E-state index in [-0.39, 0.29) is 11.9 Å². The number of hydrogen-bond donors (Lipinski definition) is 1. The van der Waals surface area contributed by atoms with E-state index in [1.54, 1.807) is 10.9 Å². The summed E-state index contributed by atoms with van der Waals surface area (Å²) in [4.78, 5) is 17.1. The topological polar surface area (TPSA) is 69.0 Å². The van der Waals surface area contributed by atoms with Gasteiger partial charge in [0, 0.05) is 38.3 Å². The summed E-state index contributed by atoms with van der Waals surface area (Å²) in [7, 11) is 1.86. The minimum Gasteiger partial charge on any atom is -0.381 e. The summed E-state index contributed by atoms with van der Waals surface area (Å²) in [6.45, 7) is 5.27. The van der Waals surface area contributed by atoms with Gasteiger partial charge in [-0.1, -0.05) is 6.07 Å². The van der Waals surface area contributed by atoms with Gasteiger partial charge in [-0.25, -0.2) is 0 Å². The minimum absolute atomic E-state index is 0.0610. The first-order valence-corrected chi connectivity index (χ1v) is 8.36. The van der Waals surface area contributed by atoms with E-state index >= 15 is 0 Å². The molecule has 0 bridgehead atoms. The highest BCUT2D eigenvalue weighted by Gasteiger charge is 2.29. The van der Waals surface area contributed by atoms with Gasteiger partial charge in [-0.15, -0.1) is 0 Å². The first-order chi connectivity index (χ1) is 11.6. The van der Waals surface area contributed by atoms with E-state index in [1.807, 2.05) is 39.2 Å². The zero-order chi connectivity index (χ0) is 17.1. The second-order valence-corrected chi connectivity index (χ2v) is 6.36. The number of aromatic nitrogens is 3. The second-order valence-electron chi connectivity index (χ2n) is 6.36. The number of carbonyl (C=O) groups excluding carboxylic acids is 1. The van der Waals surface area contributed by atoms with Crippen LogP contribution in [0.4, 0.5) is 0 Å². The normalized spacial score (nSPS) is 16.8. The number of amides is 1. The Morgan fingerprint density at radius 2 is 2.12 bits per heavy atom. The maximum Gasteiger partial charge on any atom is 0.255 e. The number of aryl methyl sites for hydroxylation is 2. The Bertz CT molecular complexity index is 705. The van der Waals surface area contributed by atoms with Crippen molar-refractivity contribution in [3.05, 3.63) is 47.0 Å². The van der Waals surface area contributed by atoms with Crippen LogP contribution in [0.3, 0.4) is 0 Å². The average Bonchev–Trinajstić information content (AvgIpc) is 2.86. The molecular weight excluding hydrogens is 304 g/mol.